The second-order valence-corrected chi connectivity index (χ2v) is 2.09. The summed E-state index contributed by atoms with van der Waals surface area (Å²) < 4.78 is 0. The predicted octanol–water partition coefficient (Wildman–Crippen LogP) is 0.820. The van der Waals surface area contributed by atoms with E-state index in [1.54, 1.807) is 0 Å². The van der Waals surface area contributed by atoms with Crippen LogP contribution in [0.4, 0.5) is 0 Å². The van der Waals surface area contributed by atoms with E-state index in [2.05, 4.69) is 18.7 Å². The Morgan fingerprint density at radius 3 is 2.86 bits per heavy atom. The van der Waals surface area contributed by atoms with Crippen LogP contribution in [-0.2, 0) is 0 Å². The van der Waals surface area contributed by atoms with Crippen molar-refractivity contribution in [3.05, 3.63) is 6.42 Å². The average molecular weight is 98.2 g/mol. The molecule has 0 aromatic heterocycles. The summed E-state index contributed by atoms with van der Waals surface area (Å²) in [7, 11) is 0. The van der Waals surface area contributed by atoms with Gasteiger partial charge in [-0.2, -0.15) is 0 Å². The smallest absolute Gasteiger partial charge is 0.00174 e. The lowest BCUT2D eigenvalue weighted by Gasteiger charge is -1.98. The van der Waals surface area contributed by atoms with Gasteiger partial charge in [0.05, 0.1) is 0 Å². The summed E-state index contributed by atoms with van der Waals surface area (Å²) in [4.78, 5) is 0. The van der Waals surface area contributed by atoms with Gasteiger partial charge in [-0.25, -0.2) is 0 Å². The summed E-state index contributed by atoms with van der Waals surface area (Å²) in [5.74, 6) is 0.861. The summed E-state index contributed by atoms with van der Waals surface area (Å²) in [6, 6.07) is 0. The van der Waals surface area contributed by atoms with E-state index in [-0.39, 0.29) is 0 Å². The Morgan fingerprint density at radius 2 is 2.57 bits per heavy atom. The van der Waals surface area contributed by atoms with Crippen molar-refractivity contribution >= 4 is 0 Å². The average Bonchev–Trinajstić information content (AvgIpc) is 2.14. The number of rotatable bonds is 1. The first-order valence-electron chi connectivity index (χ1n) is 2.93. The minimum Gasteiger partial charge on any atom is -0.316 e. The zero-order valence-electron chi connectivity index (χ0n) is 4.78. The van der Waals surface area contributed by atoms with E-state index in [4.69, 9.17) is 0 Å². The fourth-order valence-electron chi connectivity index (χ4n) is 0.961. The molecule has 1 heterocycles. The summed E-state index contributed by atoms with van der Waals surface area (Å²) in [5.41, 5.74) is 0. The van der Waals surface area contributed by atoms with Crippen LogP contribution in [0, 0.1) is 12.3 Å². The van der Waals surface area contributed by atoms with E-state index in [0.29, 0.717) is 0 Å². The molecule has 1 fully saturated rings. The molecule has 1 radical (unpaired) electrons. The number of hydrogen-bond acceptors (Lipinski definition) is 1. The second-order valence-electron chi connectivity index (χ2n) is 2.09. The van der Waals surface area contributed by atoms with Crippen molar-refractivity contribution in [3.63, 3.8) is 0 Å². The molecular formula is C6H12N. The molecule has 1 saturated heterocycles. The van der Waals surface area contributed by atoms with Crippen LogP contribution in [0.2, 0.25) is 0 Å². The third-order valence-electron chi connectivity index (χ3n) is 1.57. The van der Waals surface area contributed by atoms with E-state index in [1.165, 1.54) is 19.5 Å². The zero-order chi connectivity index (χ0) is 5.11. The van der Waals surface area contributed by atoms with Crippen LogP contribution in [-0.4, -0.2) is 13.1 Å². The van der Waals surface area contributed by atoms with Gasteiger partial charge in [0.25, 0.3) is 0 Å². The topological polar surface area (TPSA) is 12.0 Å². The minimum atomic E-state index is 0.861. The van der Waals surface area contributed by atoms with Crippen molar-refractivity contribution in [2.24, 2.45) is 5.92 Å². The summed E-state index contributed by atoms with van der Waals surface area (Å²) >= 11 is 0. The predicted molar refractivity (Wildman–Crippen MR) is 31.0 cm³/mol. The fourth-order valence-corrected chi connectivity index (χ4v) is 0.961. The van der Waals surface area contributed by atoms with Gasteiger partial charge in [0.15, 0.2) is 0 Å². The van der Waals surface area contributed by atoms with E-state index in [0.717, 1.165) is 5.92 Å². The molecule has 0 aliphatic carbocycles. The maximum absolute atomic E-state index is 3.29. The standard InChI is InChI=1S/C6H12N/c1-2-6-3-4-7-5-6/h2,6-7H,3-5H2,1H3/t6-/m0/s1. The van der Waals surface area contributed by atoms with Crippen LogP contribution in [0.3, 0.4) is 0 Å². The highest BCUT2D eigenvalue weighted by atomic mass is 14.9. The molecule has 41 valence electrons. The van der Waals surface area contributed by atoms with E-state index >= 15 is 0 Å². The molecule has 0 unspecified atom stereocenters. The van der Waals surface area contributed by atoms with Crippen molar-refractivity contribution in [1.82, 2.24) is 5.32 Å². The molecule has 1 aliphatic rings. The lowest BCUT2D eigenvalue weighted by molar-refractivity contribution is 0.675. The minimum absolute atomic E-state index is 0.861. The van der Waals surface area contributed by atoms with Crippen LogP contribution in [0.1, 0.15) is 13.3 Å². The first-order chi connectivity index (χ1) is 3.43. The molecule has 0 aromatic rings. The Kier molecular flexibility index (Phi) is 1.69. The van der Waals surface area contributed by atoms with Crippen LogP contribution < -0.4 is 5.32 Å². The monoisotopic (exact) mass is 98.1 g/mol. The SMILES string of the molecule is C[CH][C@H]1CCNC1. The third-order valence-corrected chi connectivity index (χ3v) is 1.57. The fraction of sp³-hybridized carbons (Fsp3) is 0.833. The lowest BCUT2D eigenvalue weighted by atomic mass is 10.1. The quantitative estimate of drug-likeness (QED) is 0.512. The van der Waals surface area contributed by atoms with Crippen LogP contribution in [0.15, 0.2) is 0 Å². The van der Waals surface area contributed by atoms with Crippen molar-refractivity contribution in [2.45, 2.75) is 13.3 Å². The maximum atomic E-state index is 3.29. The molecule has 0 bridgehead atoms. The van der Waals surface area contributed by atoms with Crippen LogP contribution in [0.25, 0.3) is 0 Å². The van der Waals surface area contributed by atoms with Gasteiger partial charge in [0.1, 0.15) is 0 Å². The molecule has 1 aliphatic heterocycles. The van der Waals surface area contributed by atoms with Crippen molar-refractivity contribution in [2.75, 3.05) is 13.1 Å². The maximum Gasteiger partial charge on any atom is -0.00174 e. The molecule has 0 spiro atoms. The first-order valence-corrected chi connectivity index (χ1v) is 2.93. The van der Waals surface area contributed by atoms with Gasteiger partial charge in [-0.3, -0.25) is 0 Å². The van der Waals surface area contributed by atoms with Gasteiger partial charge in [-0.15, -0.1) is 0 Å². The third kappa shape index (κ3) is 1.16. The normalized spacial score (nSPS) is 31.3. The van der Waals surface area contributed by atoms with Gasteiger partial charge < -0.3 is 5.32 Å². The number of nitrogens with one attached hydrogen (secondary N) is 1. The molecule has 0 amide bonds. The van der Waals surface area contributed by atoms with Crippen LogP contribution >= 0.6 is 0 Å². The van der Waals surface area contributed by atoms with E-state index in [9.17, 15) is 0 Å². The molecule has 1 N–H and O–H groups in total. The molecule has 0 saturated carbocycles. The molecule has 1 rings (SSSR count). The highest BCUT2D eigenvalue weighted by molar-refractivity contribution is 4.79. The van der Waals surface area contributed by atoms with Crippen molar-refractivity contribution in [1.29, 1.82) is 0 Å². The molecule has 0 aromatic carbocycles. The zero-order valence-corrected chi connectivity index (χ0v) is 4.78. The number of hydrogen-bond donors (Lipinski definition) is 1. The Morgan fingerprint density at radius 1 is 1.71 bits per heavy atom. The molecular weight excluding hydrogens is 86.1 g/mol. The highest BCUT2D eigenvalue weighted by Gasteiger charge is 2.10. The van der Waals surface area contributed by atoms with Gasteiger partial charge >= 0.3 is 0 Å². The van der Waals surface area contributed by atoms with Crippen LogP contribution in [0.5, 0.6) is 0 Å². The Hall–Kier alpha value is -0.0400. The largest absolute Gasteiger partial charge is 0.316 e. The molecule has 1 heteroatoms. The van der Waals surface area contributed by atoms with Crippen molar-refractivity contribution < 1.29 is 0 Å². The van der Waals surface area contributed by atoms with Gasteiger partial charge in [-0.1, -0.05) is 6.92 Å². The molecule has 1 nitrogen and oxygen atoms in total. The summed E-state index contributed by atoms with van der Waals surface area (Å²) in [5, 5.41) is 3.29. The van der Waals surface area contributed by atoms with E-state index < -0.39 is 0 Å². The van der Waals surface area contributed by atoms with Gasteiger partial charge in [0.2, 0.25) is 0 Å². The summed E-state index contributed by atoms with van der Waals surface area (Å²) in [6.45, 7) is 4.56. The van der Waals surface area contributed by atoms with E-state index in [1.807, 2.05) is 0 Å². The Bertz CT molecular complexity index is 46.1. The Labute approximate surface area is 45.1 Å². The van der Waals surface area contributed by atoms with Crippen molar-refractivity contribution in [3.8, 4) is 0 Å². The first kappa shape index (κ1) is 5.10. The summed E-state index contributed by atoms with van der Waals surface area (Å²) in [6.07, 6.45) is 3.62. The highest BCUT2D eigenvalue weighted by Crippen LogP contribution is 2.08. The Balaban J connectivity index is 2.14. The van der Waals surface area contributed by atoms with Gasteiger partial charge in [0, 0.05) is 0 Å². The molecule has 1 atom stereocenters. The van der Waals surface area contributed by atoms with Gasteiger partial charge in [-0.05, 0) is 31.8 Å². The lowest BCUT2D eigenvalue weighted by Crippen LogP contribution is -2.08. The molecule has 7 heavy (non-hydrogen) atoms. The second kappa shape index (κ2) is 2.31.